The zero-order valence-electron chi connectivity index (χ0n) is 18.9. The summed E-state index contributed by atoms with van der Waals surface area (Å²) in [6.07, 6.45) is -4.17. The highest BCUT2D eigenvalue weighted by atomic mass is 19.4. The lowest BCUT2D eigenvalue weighted by atomic mass is 10.0. The zero-order chi connectivity index (χ0) is 25.7. The first kappa shape index (κ1) is 28.6. The molecule has 2 atom stereocenters. The fourth-order valence-electron chi connectivity index (χ4n) is 2.77. The van der Waals surface area contributed by atoms with Crippen LogP contribution in [-0.4, -0.2) is 41.2 Å². The van der Waals surface area contributed by atoms with E-state index in [1.807, 2.05) is 74.5 Å². The Bertz CT molecular complexity index is 906. The van der Waals surface area contributed by atoms with Crippen LogP contribution in [0.15, 0.2) is 60.7 Å². The minimum absolute atomic E-state index is 0.166. The van der Waals surface area contributed by atoms with Gasteiger partial charge in [0.2, 0.25) is 5.91 Å². The summed E-state index contributed by atoms with van der Waals surface area (Å²) in [7, 11) is 0. The Kier molecular flexibility index (Phi) is 11.8. The molecule has 0 aliphatic carbocycles. The number of carbonyl (C=O) groups excluding carboxylic acids is 2. The molecule has 2 rings (SSSR count). The van der Waals surface area contributed by atoms with E-state index in [0.29, 0.717) is 18.8 Å². The van der Waals surface area contributed by atoms with E-state index in [-0.39, 0.29) is 12.5 Å². The van der Waals surface area contributed by atoms with E-state index < -0.39 is 30.2 Å². The number of nitrogens with one attached hydrogen (secondary N) is 1. The second kappa shape index (κ2) is 14.0. The van der Waals surface area contributed by atoms with Crippen molar-refractivity contribution in [3.05, 3.63) is 71.8 Å². The van der Waals surface area contributed by atoms with Gasteiger partial charge in [-0.15, -0.1) is 0 Å². The molecule has 34 heavy (non-hydrogen) atoms. The summed E-state index contributed by atoms with van der Waals surface area (Å²) in [5.74, 6) is -3.26. The number of ether oxygens (including phenoxy) is 1. The molecule has 0 spiro atoms. The van der Waals surface area contributed by atoms with Crippen LogP contribution < -0.4 is 11.1 Å². The monoisotopic (exact) mass is 482 g/mol. The van der Waals surface area contributed by atoms with E-state index >= 15 is 0 Å². The van der Waals surface area contributed by atoms with Crippen molar-refractivity contribution >= 4 is 17.8 Å². The second-order valence-corrected chi connectivity index (χ2v) is 7.88. The highest BCUT2D eigenvalue weighted by Gasteiger charge is 2.38. The Labute approximate surface area is 196 Å². The van der Waals surface area contributed by atoms with Gasteiger partial charge in [-0.3, -0.25) is 4.79 Å². The van der Waals surface area contributed by atoms with Crippen LogP contribution in [0.5, 0.6) is 0 Å². The fraction of sp³-hybridized carbons (Fsp3) is 0.375. The Hall–Kier alpha value is -3.40. The van der Waals surface area contributed by atoms with Gasteiger partial charge in [-0.1, -0.05) is 74.5 Å². The number of aliphatic carboxylic acids is 1. The number of hydrogen-bond donors (Lipinski definition) is 3. The summed E-state index contributed by atoms with van der Waals surface area (Å²) in [5, 5.41) is 9.89. The van der Waals surface area contributed by atoms with Crippen LogP contribution in [0.2, 0.25) is 0 Å². The smallest absolute Gasteiger partial charge is 0.475 e. The molecule has 0 heterocycles. The molecule has 10 heteroatoms. The second-order valence-electron chi connectivity index (χ2n) is 7.88. The quantitative estimate of drug-likeness (QED) is 0.471. The lowest BCUT2D eigenvalue weighted by molar-refractivity contribution is -0.192. The van der Waals surface area contributed by atoms with Crippen LogP contribution in [-0.2, 0) is 32.1 Å². The highest BCUT2D eigenvalue weighted by molar-refractivity contribution is 5.87. The maximum atomic E-state index is 12.6. The number of carbonyl (C=O) groups is 3. The molecule has 186 valence electrons. The Balaban J connectivity index is 0.000000718. The molecule has 0 saturated carbocycles. The van der Waals surface area contributed by atoms with Gasteiger partial charge in [0.25, 0.3) is 0 Å². The van der Waals surface area contributed by atoms with Gasteiger partial charge in [-0.25, -0.2) is 9.59 Å². The van der Waals surface area contributed by atoms with Gasteiger partial charge in [0.05, 0.1) is 6.04 Å². The normalized spacial score (nSPS) is 12.7. The maximum Gasteiger partial charge on any atom is 0.490 e. The van der Waals surface area contributed by atoms with Crippen molar-refractivity contribution in [3.8, 4) is 0 Å². The number of alkyl halides is 3. The number of hydrogen-bond acceptors (Lipinski definition) is 5. The van der Waals surface area contributed by atoms with E-state index in [4.69, 9.17) is 20.4 Å². The summed E-state index contributed by atoms with van der Waals surface area (Å²) in [6.45, 7) is 4.17. The minimum Gasteiger partial charge on any atom is -0.475 e. The third-order valence-corrected chi connectivity index (χ3v) is 4.41. The summed E-state index contributed by atoms with van der Waals surface area (Å²) in [4.78, 5) is 33.9. The van der Waals surface area contributed by atoms with Crippen LogP contribution in [0.3, 0.4) is 0 Å². The molecule has 0 bridgehead atoms. The number of carboxylic acids is 1. The molecule has 4 N–H and O–H groups in total. The van der Waals surface area contributed by atoms with Crippen molar-refractivity contribution in [2.75, 3.05) is 0 Å². The highest BCUT2D eigenvalue weighted by Crippen LogP contribution is 2.13. The van der Waals surface area contributed by atoms with E-state index in [1.54, 1.807) is 0 Å². The van der Waals surface area contributed by atoms with Crippen LogP contribution in [0.4, 0.5) is 13.2 Å². The van der Waals surface area contributed by atoms with Crippen LogP contribution in [0.25, 0.3) is 0 Å². The van der Waals surface area contributed by atoms with Crippen molar-refractivity contribution in [1.82, 2.24) is 5.32 Å². The van der Waals surface area contributed by atoms with Gasteiger partial charge in [0.1, 0.15) is 12.6 Å². The first-order valence-corrected chi connectivity index (χ1v) is 10.5. The summed E-state index contributed by atoms with van der Waals surface area (Å²) < 4.78 is 37.2. The van der Waals surface area contributed by atoms with Crippen molar-refractivity contribution in [3.63, 3.8) is 0 Å². The average Bonchev–Trinajstić information content (AvgIpc) is 2.77. The molecule has 2 aromatic rings. The Morgan fingerprint density at radius 2 is 1.44 bits per heavy atom. The molecule has 0 saturated heterocycles. The third-order valence-electron chi connectivity index (χ3n) is 4.41. The standard InChI is InChI=1S/C22H28N2O3.C2HF3O2/c1-16(2)13-19(23)21(25)24-20(14-17-9-5-3-6-10-17)22(26)27-15-18-11-7-4-8-12-18;3-2(4,5)1(6)7/h3-12,16,19-20H,13-15,23H2,1-2H3,(H,24,25);(H,6,7)/t19-,20-;/m1./s1. The number of benzene rings is 2. The summed E-state index contributed by atoms with van der Waals surface area (Å²) in [5.41, 5.74) is 7.80. The zero-order valence-corrected chi connectivity index (χ0v) is 18.9. The van der Waals surface area contributed by atoms with Crippen molar-refractivity contribution < 1.29 is 37.4 Å². The third kappa shape index (κ3) is 11.5. The molecule has 0 unspecified atom stereocenters. The van der Waals surface area contributed by atoms with E-state index in [9.17, 15) is 22.8 Å². The van der Waals surface area contributed by atoms with E-state index in [0.717, 1.165) is 11.1 Å². The topological polar surface area (TPSA) is 119 Å². The lowest BCUT2D eigenvalue weighted by Crippen LogP contribution is -2.50. The SMILES string of the molecule is CC(C)C[C@@H](N)C(=O)N[C@H](Cc1ccccc1)C(=O)OCc1ccccc1.O=C(O)C(F)(F)F. The van der Waals surface area contributed by atoms with Crippen molar-refractivity contribution in [2.24, 2.45) is 11.7 Å². The van der Waals surface area contributed by atoms with Crippen LogP contribution >= 0.6 is 0 Å². The predicted octanol–water partition coefficient (Wildman–Crippen LogP) is 3.46. The number of amides is 1. The summed E-state index contributed by atoms with van der Waals surface area (Å²) in [6, 6.07) is 17.6. The van der Waals surface area contributed by atoms with Crippen molar-refractivity contribution in [1.29, 1.82) is 0 Å². The Morgan fingerprint density at radius 3 is 1.88 bits per heavy atom. The molecule has 2 aromatic carbocycles. The largest absolute Gasteiger partial charge is 0.490 e. The maximum absolute atomic E-state index is 12.6. The van der Waals surface area contributed by atoms with Crippen molar-refractivity contribution in [2.45, 2.75) is 51.6 Å². The first-order valence-electron chi connectivity index (χ1n) is 10.5. The number of halogens is 3. The molecule has 1 amide bonds. The molecular formula is C24H29F3N2O5. The van der Waals surface area contributed by atoms with Crippen LogP contribution in [0, 0.1) is 5.92 Å². The molecule has 0 aliphatic rings. The number of nitrogens with two attached hydrogens (primary N) is 1. The number of esters is 1. The van der Waals surface area contributed by atoms with Gasteiger partial charge >= 0.3 is 18.1 Å². The molecule has 0 aliphatic heterocycles. The van der Waals surface area contributed by atoms with E-state index in [2.05, 4.69) is 5.32 Å². The Morgan fingerprint density at radius 1 is 0.971 bits per heavy atom. The average molecular weight is 482 g/mol. The minimum atomic E-state index is -5.08. The van der Waals surface area contributed by atoms with E-state index in [1.165, 1.54) is 0 Å². The van der Waals surface area contributed by atoms with Gasteiger partial charge in [-0.05, 0) is 23.5 Å². The fourth-order valence-corrected chi connectivity index (χ4v) is 2.77. The number of carboxylic acid groups (broad SMARTS) is 1. The van der Waals surface area contributed by atoms with Gasteiger partial charge < -0.3 is 20.9 Å². The molecule has 7 nitrogen and oxygen atoms in total. The molecule has 0 radical (unpaired) electrons. The van der Waals surface area contributed by atoms with Gasteiger partial charge in [0.15, 0.2) is 0 Å². The first-order chi connectivity index (χ1) is 15.9. The number of rotatable bonds is 9. The molecular weight excluding hydrogens is 453 g/mol. The van der Waals surface area contributed by atoms with Gasteiger partial charge in [0, 0.05) is 6.42 Å². The predicted molar refractivity (Wildman–Crippen MR) is 119 cm³/mol. The lowest BCUT2D eigenvalue weighted by Gasteiger charge is -2.21. The van der Waals surface area contributed by atoms with Crippen LogP contribution in [0.1, 0.15) is 31.4 Å². The van der Waals surface area contributed by atoms with Gasteiger partial charge in [-0.2, -0.15) is 13.2 Å². The molecule has 0 aromatic heterocycles. The summed E-state index contributed by atoms with van der Waals surface area (Å²) >= 11 is 0. The molecule has 0 fully saturated rings.